The van der Waals surface area contributed by atoms with Crippen molar-refractivity contribution in [1.29, 1.82) is 0 Å². The number of nitrogens with one attached hydrogen (secondary N) is 4. The summed E-state index contributed by atoms with van der Waals surface area (Å²) in [7, 11) is 0. The van der Waals surface area contributed by atoms with Crippen LogP contribution in [-0.2, 0) is 0 Å². The lowest BCUT2D eigenvalue weighted by atomic mass is 10.1. The number of halogens is 3. The summed E-state index contributed by atoms with van der Waals surface area (Å²) >= 11 is 6.06. The molecule has 0 atom stereocenters. The zero-order valence-corrected chi connectivity index (χ0v) is 18.7. The molecule has 2 heterocycles. The summed E-state index contributed by atoms with van der Waals surface area (Å²) in [5.74, 6) is -3.82. The second kappa shape index (κ2) is 9.12. The highest BCUT2D eigenvalue weighted by molar-refractivity contribution is 6.31. The van der Waals surface area contributed by atoms with E-state index in [1.54, 1.807) is 30.3 Å². The van der Waals surface area contributed by atoms with Crippen molar-refractivity contribution in [3.8, 4) is 11.4 Å². The van der Waals surface area contributed by atoms with Gasteiger partial charge in [-0.3, -0.25) is 19.1 Å². The summed E-state index contributed by atoms with van der Waals surface area (Å²) < 4.78 is 31.7. The van der Waals surface area contributed by atoms with Gasteiger partial charge in [0, 0.05) is 22.0 Å². The van der Waals surface area contributed by atoms with E-state index in [9.17, 15) is 23.2 Å². The van der Waals surface area contributed by atoms with Crippen LogP contribution in [0, 0.1) is 11.6 Å². The summed E-state index contributed by atoms with van der Waals surface area (Å²) in [4.78, 5) is 42.3. The van der Waals surface area contributed by atoms with Crippen molar-refractivity contribution in [2.24, 2.45) is 0 Å². The van der Waals surface area contributed by atoms with E-state index < -0.39 is 29.2 Å². The molecule has 5 aromatic rings. The first kappa shape index (κ1) is 23.0. The number of amides is 2. The van der Waals surface area contributed by atoms with Crippen LogP contribution < -0.4 is 16.4 Å². The Labute approximate surface area is 205 Å². The number of nitrogens with zero attached hydrogens (tertiary/aromatic N) is 1. The van der Waals surface area contributed by atoms with Gasteiger partial charge in [0.25, 0.3) is 11.8 Å². The molecule has 2 amide bonds. The average Bonchev–Trinajstić information content (AvgIpc) is 3.47. The van der Waals surface area contributed by atoms with Gasteiger partial charge in [0.05, 0.1) is 22.5 Å². The maximum atomic E-state index is 14.0. The second-order valence-electron chi connectivity index (χ2n) is 7.62. The molecule has 0 saturated heterocycles. The van der Waals surface area contributed by atoms with Gasteiger partial charge in [-0.25, -0.2) is 13.6 Å². The van der Waals surface area contributed by atoms with Crippen molar-refractivity contribution < 1.29 is 22.9 Å². The van der Waals surface area contributed by atoms with Gasteiger partial charge < -0.3 is 15.6 Å². The fourth-order valence-corrected chi connectivity index (χ4v) is 3.78. The van der Waals surface area contributed by atoms with Gasteiger partial charge in [0.1, 0.15) is 17.3 Å². The van der Waals surface area contributed by atoms with E-state index in [-0.39, 0.29) is 22.8 Å². The molecule has 0 aliphatic heterocycles. The van der Waals surface area contributed by atoms with Crippen molar-refractivity contribution in [2.45, 2.75) is 0 Å². The molecule has 0 unspecified atom stereocenters. The summed E-state index contributed by atoms with van der Waals surface area (Å²) in [5, 5.41) is 9.85. The molecular formula is C24H14ClF2N5O4. The highest BCUT2D eigenvalue weighted by Crippen LogP contribution is 2.30. The van der Waals surface area contributed by atoms with Crippen LogP contribution in [0.15, 0.2) is 70.0 Å². The van der Waals surface area contributed by atoms with Gasteiger partial charge in [-0.05, 0) is 42.5 Å². The number of aromatic nitrogens is 3. The van der Waals surface area contributed by atoms with E-state index in [1.165, 1.54) is 12.1 Å². The molecule has 2 aromatic heterocycles. The van der Waals surface area contributed by atoms with Crippen LogP contribution in [0.25, 0.3) is 22.3 Å². The van der Waals surface area contributed by atoms with Crippen LogP contribution in [0.2, 0.25) is 5.02 Å². The van der Waals surface area contributed by atoms with Crippen molar-refractivity contribution in [1.82, 2.24) is 15.1 Å². The molecule has 3 aromatic carbocycles. The van der Waals surface area contributed by atoms with E-state index in [0.717, 1.165) is 12.1 Å². The minimum absolute atomic E-state index is 0.0764. The highest BCUT2D eigenvalue weighted by Gasteiger charge is 2.18. The molecule has 0 aliphatic rings. The predicted molar refractivity (Wildman–Crippen MR) is 128 cm³/mol. The van der Waals surface area contributed by atoms with Crippen LogP contribution in [0.3, 0.4) is 0 Å². The Morgan fingerprint density at radius 2 is 1.72 bits per heavy atom. The number of hydrogen-bond donors (Lipinski definition) is 4. The number of carbonyl (C=O) groups is 2. The maximum Gasteiger partial charge on any atom is 0.439 e. The van der Waals surface area contributed by atoms with E-state index in [1.807, 2.05) is 0 Å². The van der Waals surface area contributed by atoms with Crippen LogP contribution >= 0.6 is 11.6 Å². The Kier molecular flexibility index (Phi) is 5.82. The molecule has 12 heteroatoms. The summed E-state index contributed by atoms with van der Waals surface area (Å²) in [5.41, 5.74) is 1.14. The molecule has 180 valence electrons. The SMILES string of the molecule is O=C(Nc1ccc(Cl)cc1-c1noc(=O)[nH]1)c1cc2cccc(NC(=O)c3ccc(F)cc3F)c2[nH]1. The fraction of sp³-hybridized carbons (Fsp3) is 0. The van der Waals surface area contributed by atoms with Gasteiger partial charge in [-0.15, -0.1) is 0 Å². The Morgan fingerprint density at radius 3 is 2.47 bits per heavy atom. The van der Waals surface area contributed by atoms with Crippen molar-refractivity contribution in [3.05, 3.63) is 99.1 Å². The smallest absolute Gasteiger partial charge is 0.349 e. The Bertz CT molecular complexity index is 1710. The highest BCUT2D eigenvalue weighted by atomic mass is 35.5. The number of aromatic amines is 2. The van der Waals surface area contributed by atoms with Gasteiger partial charge in [0.15, 0.2) is 5.82 Å². The van der Waals surface area contributed by atoms with Crippen molar-refractivity contribution in [2.75, 3.05) is 10.6 Å². The third-order valence-corrected chi connectivity index (χ3v) is 5.49. The molecule has 9 nitrogen and oxygen atoms in total. The average molecular weight is 510 g/mol. The Morgan fingerprint density at radius 1 is 0.917 bits per heavy atom. The van der Waals surface area contributed by atoms with Crippen molar-refractivity contribution in [3.63, 3.8) is 0 Å². The first-order valence-corrected chi connectivity index (χ1v) is 10.7. The molecule has 36 heavy (non-hydrogen) atoms. The van der Waals surface area contributed by atoms with Gasteiger partial charge in [-0.1, -0.05) is 28.9 Å². The first-order chi connectivity index (χ1) is 17.3. The monoisotopic (exact) mass is 509 g/mol. The van der Waals surface area contributed by atoms with E-state index in [2.05, 4.69) is 30.3 Å². The quantitative estimate of drug-likeness (QED) is 0.266. The zero-order valence-electron chi connectivity index (χ0n) is 18.0. The van der Waals surface area contributed by atoms with Gasteiger partial charge in [0.2, 0.25) is 0 Å². The topological polar surface area (TPSA) is 133 Å². The van der Waals surface area contributed by atoms with E-state index >= 15 is 0 Å². The number of anilines is 2. The lowest BCUT2D eigenvalue weighted by Gasteiger charge is -2.09. The molecule has 5 rings (SSSR count). The minimum Gasteiger partial charge on any atom is -0.349 e. The van der Waals surface area contributed by atoms with Gasteiger partial charge >= 0.3 is 5.76 Å². The Hall–Kier alpha value is -4.77. The van der Waals surface area contributed by atoms with E-state index in [4.69, 9.17) is 11.6 Å². The molecule has 0 fully saturated rings. The largest absolute Gasteiger partial charge is 0.439 e. The second-order valence-corrected chi connectivity index (χ2v) is 8.06. The number of H-pyrrole nitrogens is 2. The number of carbonyl (C=O) groups excluding carboxylic acids is 2. The fourth-order valence-electron chi connectivity index (χ4n) is 3.60. The van der Waals surface area contributed by atoms with Crippen LogP contribution in [0.4, 0.5) is 20.2 Å². The third-order valence-electron chi connectivity index (χ3n) is 5.25. The standard InChI is InChI=1S/C24H14ClF2N5O4/c25-12-4-7-17(15(9-12)21-31-24(35)36-32-21)29-23(34)19-8-11-2-1-3-18(20(11)28-19)30-22(33)14-6-5-13(26)10-16(14)27/h1-10,28H,(H,29,34)(H,30,33)(H,31,32,35). The lowest BCUT2D eigenvalue weighted by molar-refractivity contribution is 0.101. The van der Waals surface area contributed by atoms with Crippen LogP contribution in [0.1, 0.15) is 20.8 Å². The first-order valence-electron chi connectivity index (χ1n) is 10.3. The van der Waals surface area contributed by atoms with Crippen molar-refractivity contribution >= 4 is 45.7 Å². The number of benzene rings is 3. The molecule has 0 spiro atoms. The number of hydrogen-bond acceptors (Lipinski definition) is 5. The summed E-state index contributed by atoms with van der Waals surface area (Å²) in [6.07, 6.45) is 0. The summed E-state index contributed by atoms with van der Waals surface area (Å²) in [6, 6.07) is 13.7. The number of fused-ring (bicyclic) bond motifs is 1. The molecular weight excluding hydrogens is 496 g/mol. The molecule has 0 aliphatic carbocycles. The number of rotatable bonds is 5. The minimum atomic E-state index is -1.00. The zero-order chi connectivity index (χ0) is 25.4. The third kappa shape index (κ3) is 4.46. The Balaban J connectivity index is 1.43. The normalized spacial score (nSPS) is 11.0. The lowest BCUT2D eigenvalue weighted by Crippen LogP contribution is -2.14. The predicted octanol–water partition coefficient (Wildman–Crippen LogP) is 4.95. The molecule has 4 N–H and O–H groups in total. The van der Waals surface area contributed by atoms with E-state index in [0.29, 0.717) is 33.2 Å². The van der Waals surface area contributed by atoms with Gasteiger partial charge in [-0.2, -0.15) is 0 Å². The number of para-hydroxylation sites is 1. The molecule has 0 bridgehead atoms. The molecule has 0 saturated carbocycles. The van der Waals surface area contributed by atoms with Crippen LogP contribution in [0.5, 0.6) is 0 Å². The summed E-state index contributed by atoms with van der Waals surface area (Å²) in [6.45, 7) is 0. The molecule has 0 radical (unpaired) electrons. The maximum absolute atomic E-state index is 14.0. The van der Waals surface area contributed by atoms with Crippen LogP contribution in [-0.4, -0.2) is 26.9 Å².